The molecule has 7 N–H and O–H groups in total. The molecule has 0 radical (unpaired) electrons. The molecule has 2 aromatic carbocycles. The molecule has 1 aliphatic heterocycles. The maximum Gasteiger partial charge on any atom is 0.256 e. The van der Waals surface area contributed by atoms with Gasteiger partial charge in [0.05, 0.1) is 12.7 Å². The highest BCUT2D eigenvalue weighted by atomic mass is 32.2. The summed E-state index contributed by atoms with van der Waals surface area (Å²) in [6.45, 7) is 3.44. The fourth-order valence-corrected chi connectivity index (χ4v) is 6.80. The average Bonchev–Trinajstić information content (AvgIpc) is 3.08. The minimum Gasteiger partial charge on any atom is -0.394 e. The second kappa shape index (κ2) is 14.1. The van der Waals surface area contributed by atoms with Crippen molar-refractivity contribution in [3.63, 3.8) is 0 Å². The molecule has 0 saturated heterocycles. The van der Waals surface area contributed by atoms with Crippen LogP contribution in [-0.4, -0.2) is 93.5 Å². The van der Waals surface area contributed by atoms with E-state index in [4.69, 9.17) is 5.11 Å². The predicted molar refractivity (Wildman–Crippen MR) is 158 cm³/mol. The van der Waals surface area contributed by atoms with Crippen LogP contribution < -0.4 is 10.2 Å². The number of benzene rings is 2. The standard InChI is InChI=1S/C30H44N2O7S/c1-5-7-13-30(6-2)17-40-23-12-11-20(32(3)4)15-21(23)24(28(30)38)18-9-8-10-19(14-18)31-29(39)27(37)26(36)25(35)22(34)16-33/h8-12,14-15,22,24-28,33-38H,5-7,13,16-17H2,1-4H3,(H,31,39)/t22?,24?,25-,26+,27-,28?,30+/m1/s1. The van der Waals surface area contributed by atoms with Crippen LogP contribution >= 0.6 is 11.8 Å². The summed E-state index contributed by atoms with van der Waals surface area (Å²) in [5.41, 5.74) is 2.85. The molecule has 1 amide bonds. The minimum absolute atomic E-state index is 0.314. The van der Waals surface area contributed by atoms with Crippen molar-refractivity contribution in [3.05, 3.63) is 53.6 Å². The number of amides is 1. The first-order chi connectivity index (χ1) is 19.0. The number of hydrogen-bond acceptors (Lipinski definition) is 9. The van der Waals surface area contributed by atoms with Crippen LogP contribution in [-0.2, 0) is 4.79 Å². The molecule has 7 atom stereocenters. The number of unbranched alkanes of at least 4 members (excludes halogenated alkanes) is 1. The molecule has 0 bridgehead atoms. The van der Waals surface area contributed by atoms with Crippen molar-refractivity contribution in [1.82, 2.24) is 0 Å². The molecule has 222 valence electrons. The Bertz CT molecular complexity index is 1130. The molecule has 3 rings (SSSR count). The van der Waals surface area contributed by atoms with Gasteiger partial charge in [-0.3, -0.25) is 4.79 Å². The molecule has 0 spiro atoms. The van der Waals surface area contributed by atoms with Gasteiger partial charge >= 0.3 is 0 Å². The van der Waals surface area contributed by atoms with Gasteiger partial charge in [-0.2, -0.15) is 0 Å². The Balaban J connectivity index is 2.01. The topological polar surface area (TPSA) is 154 Å². The Kier molecular flexibility index (Phi) is 11.4. The summed E-state index contributed by atoms with van der Waals surface area (Å²) in [6.07, 6.45) is -4.64. The molecule has 40 heavy (non-hydrogen) atoms. The summed E-state index contributed by atoms with van der Waals surface area (Å²) < 4.78 is 0. The van der Waals surface area contributed by atoms with Crippen LogP contribution in [0.1, 0.15) is 56.6 Å². The van der Waals surface area contributed by atoms with E-state index in [1.807, 2.05) is 25.1 Å². The van der Waals surface area contributed by atoms with E-state index in [-0.39, 0.29) is 11.3 Å². The van der Waals surface area contributed by atoms with E-state index in [9.17, 15) is 30.3 Å². The van der Waals surface area contributed by atoms with E-state index in [1.54, 1.807) is 30.0 Å². The molecule has 0 fully saturated rings. The van der Waals surface area contributed by atoms with E-state index in [0.717, 1.165) is 53.1 Å². The lowest BCUT2D eigenvalue weighted by Crippen LogP contribution is -2.50. The van der Waals surface area contributed by atoms with E-state index < -0.39 is 43.0 Å². The number of aliphatic hydroxyl groups excluding tert-OH is 6. The SMILES string of the molecule is CCCC[C@@]1(CC)CSc2ccc(N(C)C)cc2C(c2cccc(NC(=O)[C@H](O)[C@@H](O)[C@H](O)C(O)CO)c2)C1O. The van der Waals surface area contributed by atoms with Gasteiger partial charge in [0, 0.05) is 47.5 Å². The quantitative estimate of drug-likeness (QED) is 0.202. The summed E-state index contributed by atoms with van der Waals surface area (Å²) in [6, 6.07) is 13.4. The Hall–Kier alpha value is -2.18. The number of nitrogens with zero attached hydrogens (tertiary/aromatic N) is 1. The van der Waals surface area contributed by atoms with E-state index in [2.05, 4.69) is 37.4 Å². The van der Waals surface area contributed by atoms with Crippen LogP contribution in [0.2, 0.25) is 0 Å². The zero-order chi connectivity index (χ0) is 29.6. The molecule has 1 heterocycles. The van der Waals surface area contributed by atoms with Gasteiger partial charge < -0.3 is 40.9 Å². The monoisotopic (exact) mass is 576 g/mol. The highest BCUT2D eigenvalue weighted by Crippen LogP contribution is 2.51. The fraction of sp³-hybridized carbons (Fsp3) is 0.567. The summed E-state index contributed by atoms with van der Waals surface area (Å²) in [5.74, 6) is -0.569. The summed E-state index contributed by atoms with van der Waals surface area (Å²) in [4.78, 5) is 15.9. The molecular formula is C30H44N2O7S. The van der Waals surface area contributed by atoms with Crippen molar-refractivity contribution >= 4 is 29.0 Å². The van der Waals surface area contributed by atoms with Gasteiger partial charge in [0.15, 0.2) is 6.10 Å². The van der Waals surface area contributed by atoms with Crippen LogP contribution in [0.25, 0.3) is 0 Å². The van der Waals surface area contributed by atoms with Crippen LogP contribution in [0.3, 0.4) is 0 Å². The maximum atomic E-state index is 12.7. The van der Waals surface area contributed by atoms with Crippen molar-refractivity contribution in [2.75, 3.05) is 36.7 Å². The number of nitrogens with one attached hydrogen (secondary N) is 1. The third-order valence-electron chi connectivity index (χ3n) is 8.07. The second-order valence-corrected chi connectivity index (χ2v) is 12.0. The predicted octanol–water partition coefficient (Wildman–Crippen LogP) is 2.31. The van der Waals surface area contributed by atoms with Gasteiger partial charge in [0.25, 0.3) is 5.91 Å². The Morgan fingerprint density at radius 2 is 1.82 bits per heavy atom. The van der Waals surface area contributed by atoms with Crippen LogP contribution in [0.5, 0.6) is 0 Å². The third-order valence-corrected chi connectivity index (χ3v) is 9.47. The van der Waals surface area contributed by atoms with Crippen molar-refractivity contribution in [1.29, 1.82) is 0 Å². The lowest BCUT2D eigenvalue weighted by molar-refractivity contribution is -0.144. The lowest BCUT2D eigenvalue weighted by Gasteiger charge is -2.40. The number of anilines is 2. The number of aliphatic hydroxyl groups is 6. The Morgan fingerprint density at radius 3 is 2.45 bits per heavy atom. The molecule has 0 aliphatic carbocycles. The Labute approximate surface area is 240 Å². The zero-order valence-electron chi connectivity index (χ0n) is 23.7. The molecule has 0 aromatic heterocycles. The number of thioether (sulfide) groups is 1. The first-order valence-corrected chi connectivity index (χ1v) is 14.8. The van der Waals surface area contributed by atoms with Gasteiger partial charge in [-0.25, -0.2) is 0 Å². The summed E-state index contributed by atoms with van der Waals surface area (Å²) in [5, 5.41) is 63.6. The smallest absolute Gasteiger partial charge is 0.256 e. The molecular weight excluding hydrogens is 532 g/mol. The molecule has 3 unspecified atom stereocenters. The van der Waals surface area contributed by atoms with E-state index >= 15 is 0 Å². The molecule has 9 nitrogen and oxygen atoms in total. The summed E-state index contributed by atoms with van der Waals surface area (Å²) in [7, 11) is 3.95. The van der Waals surface area contributed by atoms with Crippen molar-refractivity contribution in [2.24, 2.45) is 5.41 Å². The molecule has 2 aromatic rings. The molecule has 1 aliphatic rings. The first-order valence-electron chi connectivity index (χ1n) is 13.9. The van der Waals surface area contributed by atoms with E-state index in [0.29, 0.717) is 5.69 Å². The lowest BCUT2D eigenvalue weighted by atomic mass is 9.69. The number of fused-ring (bicyclic) bond motifs is 1. The van der Waals surface area contributed by atoms with Gasteiger partial charge in [-0.15, -0.1) is 11.8 Å². The maximum absolute atomic E-state index is 12.7. The van der Waals surface area contributed by atoms with Gasteiger partial charge in [0.2, 0.25) is 0 Å². The van der Waals surface area contributed by atoms with Crippen LogP contribution in [0.15, 0.2) is 47.4 Å². The van der Waals surface area contributed by atoms with Crippen molar-refractivity contribution < 1.29 is 35.4 Å². The summed E-state index contributed by atoms with van der Waals surface area (Å²) >= 11 is 1.77. The second-order valence-electron chi connectivity index (χ2n) is 10.9. The number of carbonyl (C=O) groups is 1. The van der Waals surface area contributed by atoms with E-state index in [1.165, 1.54) is 0 Å². The number of carbonyl (C=O) groups excluding carboxylic acids is 1. The minimum atomic E-state index is -2.05. The van der Waals surface area contributed by atoms with Crippen molar-refractivity contribution in [3.8, 4) is 0 Å². The van der Waals surface area contributed by atoms with Gasteiger partial charge in [-0.1, -0.05) is 38.8 Å². The van der Waals surface area contributed by atoms with Gasteiger partial charge in [-0.05, 0) is 54.3 Å². The van der Waals surface area contributed by atoms with Crippen LogP contribution in [0.4, 0.5) is 11.4 Å². The molecule has 0 saturated carbocycles. The zero-order valence-corrected chi connectivity index (χ0v) is 24.5. The van der Waals surface area contributed by atoms with Crippen LogP contribution in [0, 0.1) is 5.41 Å². The number of rotatable bonds is 12. The highest BCUT2D eigenvalue weighted by molar-refractivity contribution is 7.99. The largest absolute Gasteiger partial charge is 0.394 e. The average molecular weight is 577 g/mol. The van der Waals surface area contributed by atoms with Crippen molar-refractivity contribution in [2.45, 2.75) is 80.9 Å². The molecule has 10 heteroatoms. The first kappa shape index (κ1) is 32.3. The van der Waals surface area contributed by atoms with Gasteiger partial charge in [0.1, 0.15) is 18.3 Å². The normalized spacial score (nSPS) is 23.9. The fourth-order valence-electron chi connectivity index (χ4n) is 5.32. The number of hydrogen-bond donors (Lipinski definition) is 7. The Morgan fingerprint density at radius 1 is 1.10 bits per heavy atom. The highest BCUT2D eigenvalue weighted by Gasteiger charge is 2.44. The third kappa shape index (κ3) is 6.99.